The van der Waals surface area contributed by atoms with E-state index < -0.39 is 5.25 Å². The highest BCUT2D eigenvalue weighted by molar-refractivity contribution is 8.00. The van der Waals surface area contributed by atoms with Gasteiger partial charge in [-0.25, -0.2) is 4.98 Å². The van der Waals surface area contributed by atoms with E-state index in [0.29, 0.717) is 27.6 Å². The van der Waals surface area contributed by atoms with Gasteiger partial charge in [-0.15, -0.1) is 0 Å². The molecule has 1 amide bonds. The summed E-state index contributed by atoms with van der Waals surface area (Å²) in [7, 11) is 0. The number of carbonyl (C=O) groups is 1. The molecule has 4 rings (SSSR count). The van der Waals surface area contributed by atoms with E-state index in [1.54, 1.807) is 22.8 Å². The lowest BCUT2D eigenvalue weighted by Crippen LogP contribution is -2.32. The minimum atomic E-state index is -0.441. The highest BCUT2D eigenvalue weighted by atomic mass is 35.5. The molecular formula is C22H22ClN3O2S. The van der Waals surface area contributed by atoms with Gasteiger partial charge in [-0.05, 0) is 43.5 Å². The van der Waals surface area contributed by atoms with Crippen LogP contribution >= 0.6 is 23.4 Å². The quantitative estimate of drug-likeness (QED) is 0.443. The zero-order valence-corrected chi connectivity index (χ0v) is 17.7. The number of thioether (sulfide) groups is 1. The second-order valence-electron chi connectivity index (χ2n) is 7.05. The normalized spacial score (nSPS) is 15.0. The molecule has 1 saturated heterocycles. The van der Waals surface area contributed by atoms with Crippen molar-refractivity contribution < 1.29 is 4.79 Å². The number of fused-ring (bicyclic) bond motifs is 1. The number of hydrogen-bond donors (Lipinski definition) is 0. The first-order valence-corrected chi connectivity index (χ1v) is 11.0. The van der Waals surface area contributed by atoms with Crippen LogP contribution in [0.2, 0.25) is 5.02 Å². The highest BCUT2D eigenvalue weighted by Gasteiger charge is 2.30. The van der Waals surface area contributed by atoms with Gasteiger partial charge in [0.25, 0.3) is 5.56 Å². The Morgan fingerprint density at radius 2 is 1.90 bits per heavy atom. The molecule has 0 bridgehead atoms. The van der Waals surface area contributed by atoms with Gasteiger partial charge in [-0.1, -0.05) is 53.7 Å². The molecule has 2 heterocycles. The number of benzene rings is 2. The summed E-state index contributed by atoms with van der Waals surface area (Å²) in [5, 5.41) is 1.11. The highest BCUT2D eigenvalue weighted by Crippen LogP contribution is 2.36. The first-order chi connectivity index (χ1) is 14.1. The Bertz CT molecular complexity index is 1090. The number of likely N-dealkylation sites (tertiary alicyclic amines) is 1. The van der Waals surface area contributed by atoms with Crippen LogP contribution in [0.15, 0.2) is 58.5 Å². The van der Waals surface area contributed by atoms with Crippen molar-refractivity contribution in [2.24, 2.45) is 0 Å². The molecule has 1 atom stereocenters. The van der Waals surface area contributed by atoms with E-state index in [0.717, 1.165) is 31.5 Å². The van der Waals surface area contributed by atoms with Crippen molar-refractivity contribution in [1.29, 1.82) is 0 Å². The monoisotopic (exact) mass is 427 g/mol. The number of rotatable bonds is 5. The molecule has 0 spiro atoms. The van der Waals surface area contributed by atoms with Crippen LogP contribution in [-0.2, 0) is 11.3 Å². The number of amides is 1. The molecule has 1 aliphatic heterocycles. The van der Waals surface area contributed by atoms with Crippen molar-refractivity contribution in [3.8, 4) is 0 Å². The van der Waals surface area contributed by atoms with E-state index in [9.17, 15) is 9.59 Å². The maximum Gasteiger partial charge on any atom is 0.262 e. The number of halogens is 1. The summed E-state index contributed by atoms with van der Waals surface area (Å²) >= 11 is 7.42. The predicted molar refractivity (Wildman–Crippen MR) is 118 cm³/mol. The van der Waals surface area contributed by atoms with Gasteiger partial charge < -0.3 is 4.90 Å². The molecule has 5 nitrogen and oxygen atoms in total. The van der Waals surface area contributed by atoms with Crippen LogP contribution in [0, 0.1) is 0 Å². The first-order valence-electron chi connectivity index (χ1n) is 9.79. The number of carbonyl (C=O) groups excluding carboxylic acids is 1. The van der Waals surface area contributed by atoms with E-state index in [1.807, 2.05) is 42.2 Å². The number of nitrogens with zero attached hydrogens (tertiary/aromatic N) is 3. The average Bonchev–Trinajstić information content (AvgIpc) is 3.28. The lowest BCUT2D eigenvalue weighted by atomic mass is 10.1. The Hall–Kier alpha value is -2.31. The van der Waals surface area contributed by atoms with Gasteiger partial charge in [-0.3, -0.25) is 14.2 Å². The standard InChI is InChI=1S/C22H22ClN3O2S/c1-2-26-20(27)17-14-16(23)10-11-18(17)24-22(26)29-19(15-8-4-3-5-9-15)21(28)25-12-6-7-13-25/h3-5,8-11,14,19H,2,6-7,12-13H2,1H3. The fraction of sp³-hybridized carbons (Fsp3) is 0.318. The van der Waals surface area contributed by atoms with E-state index in [4.69, 9.17) is 16.6 Å². The summed E-state index contributed by atoms with van der Waals surface area (Å²) in [6.45, 7) is 3.94. The second kappa shape index (κ2) is 8.59. The van der Waals surface area contributed by atoms with Gasteiger partial charge in [0.05, 0.1) is 10.9 Å². The van der Waals surface area contributed by atoms with Crippen LogP contribution in [0.3, 0.4) is 0 Å². The predicted octanol–water partition coefficient (Wildman–Crippen LogP) is 4.53. The van der Waals surface area contributed by atoms with Gasteiger partial charge in [0, 0.05) is 24.7 Å². The lowest BCUT2D eigenvalue weighted by molar-refractivity contribution is -0.129. The molecular weight excluding hydrogens is 406 g/mol. The minimum Gasteiger partial charge on any atom is -0.341 e. The molecule has 1 aliphatic rings. The fourth-order valence-electron chi connectivity index (χ4n) is 3.64. The maximum atomic E-state index is 13.3. The molecule has 1 fully saturated rings. The summed E-state index contributed by atoms with van der Waals surface area (Å²) in [6, 6.07) is 14.9. The summed E-state index contributed by atoms with van der Waals surface area (Å²) in [5.41, 5.74) is 1.37. The van der Waals surface area contributed by atoms with E-state index in [1.165, 1.54) is 11.8 Å². The van der Waals surface area contributed by atoms with Crippen LogP contribution in [0.4, 0.5) is 0 Å². The van der Waals surface area contributed by atoms with Crippen molar-refractivity contribution in [1.82, 2.24) is 14.5 Å². The Labute approximate surface area is 178 Å². The van der Waals surface area contributed by atoms with Crippen molar-refractivity contribution in [3.05, 3.63) is 69.5 Å². The van der Waals surface area contributed by atoms with Crippen LogP contribution in [0.5, 0.6) is 0 Å². The van der Waals surface area contributed by atoms with Crippen LogP contribution < -0.4 is 5.56 Å². The number of aromatic nitrogens is 2. The SMILES string of the molecule is CCn1c(SC(C(=O)N2CCCC2)c2ccccc2)nc2ccc(Cl)cc2c1=O. The van der Waals surface area contributed by atoms with Crippen LogP contribution in [0.25, 0.3) is 10.9 Å². The zero-order chi connectivity index (χ0) is 20.4. The summed E-state index contributed by atoms with van der Waals surface area (Å²) in [6.07, 6.45) is 2.07. The first kappa shape index (κ1) is 20.0. The van der Waals surface area contributed by atoms with Crippen LogP contribution in [-0.4, -0.2) is 33.4 Å². The Morgan fingerprint density at radius 3 is 2.59 bits per heavy atom. The molecule has 0 aliphatic carbocycles. The topological polar surface area (TPSA) is 55.2 Å². The van der Waals surface area contributed by atoms with Gasteiger partial charge in [0.1, 0.15) is 5.25 Å². The number of hydrogen-bond acceptors (Lipinski definition) is 4. The minimum absolute atomic E-state index is 0.0757. The third kappa shape index (κ3) is 4.05. The van der Waals surface area contributed by atoms with Crippen molar-refractivity contribution in [2.45, 2.75) is 36.7 Å². The Balaban J connectivity index is 1.79. The lowest BCUT2D eigenvalue weighted by Gasteiger charge is -2.24. The van der Waals surface area contributed by atoms with Crippen molar-refractivity contribution in [2.75, 3.05) is 13.1 Å². The molecule has 1 aromatic heterocycles. The van der Waals surface area contributed by atoms with E-state index >= 15 is 0 Å². The molecule has 0 saturated carbocycles. The molecule has 150 valence electrons. The van der Waals surface area contributed by atoms with Gasteiger partial charge in [0.15, 0.2) is 5.16 Å². The van der Waals surface area contributed by atoms with Crippen molar-refractivity contribution in [3.63, 3.8) is 0 Å². The molecule has 29 heavy (non-hydrogen) atoms. The average molecular weight is 428 g/mol. The van der Waals surface area contributed by atoms with Gasteiger partial charge in [-0.2, -0.15) is 0 Å². The largest absolute Gasteiger partial charge is 0.341 e. The van der Waals surface area contributed by atoms with Gasteiger partial charge >= 0.3 is 0 Å². The third-order valence-corrected chi connectivity index (χ3v) is 6.63. The van der Waals surface area contributed by atoms with Gasteiger partial charge in [0.2, 0.25) is 5.91 Å². The second-order valence-corrected chi connectivity index (χ2v) is 8.55. The van der Waals surface area contributed by atoms with Crippen LogP contribution in [0.1, 0.15) is 30.6 Å². The molecule has 2 aromatic carbocycles. The molecule has 0 radical (unpaired) electrons. The molecule has 3 aromatic rings. The summed E-state index contributed by atoms with van der Waals surface area (Å²) in [5.74, 6) is 0.0757. The van der Waals surface area contributed by atoms with Crippen molar-refractivity contribution >= 4 is 40.2 Å². The van der Waals surface area contributed by atoms with E-state index in [2.05, 4.69) is 0 Å². The molecule has 1 unspecified atom stereocenters. The summed E-state index contributed by atoms with van der Waals surface area (Å²) < 4.78 is 1.62. The summed E-state index contributed by atoms with van der Waals surface area (Å²) in [4.78, 5) is 33.0. The molecule has 7 heteroatoms. The Morgan fingerprint density at radius 1 is 1.17 bits per heavy atom. The third-order valence-electron chi connectivity index (χ3n) is 5.16. The zero-order valence-electron chi connectivity index (χ0n) is 16.2. The Kier molecular flexibility index (Phi) is 5.92. The smallest absolute Gasteiger partial charge is 0.262 e. The molecule has 0 N–H and O–H groups in total. The maximum absolute atomic E-state index is 13.3. The fourth-order valence-corrected chi connectivity index (χ4v) is 5.06. The van der Waals surface area contributed by atoms with E-state index in [-0.39, 0.29) is 11.5 Å².